The molecule has 1 aromatic rings. The van der Waals surface area contributed by atoms with E-state index in [4.69, 9.17) is 5.11 Å². The van der Waals surface area contributed by atoms with E-state index < -0.39 is 5.97 Å². The Hall–Kier alpha value is -1.58. The van der Waals surface area contributed by atoms with Crippen LogP contribution in [0.3, 0.4) is 0 Å². The number of carboxylic acids is 1. The molecule has 0 aliphatic heterocycles. The van der Waals surface area contributed by atoms with Crippen molar-refractivity contribution in [1.82, 2.24) is 4.98 Å². The van der Waals surface area contributed by atoms with Gasteiger partial charge in [0.2, 0.25) is 0 Å². The molecule has 0 spiro atoms. The van der Waals surface area contributed by atoms with Gasteiger partial charge in [0.05, 0.1) is 5.56 Å². The number of carboxylic acid groups (broad SMARTS) is 1. The van der Waals surface area contributed by atoms with E-state index in [2.05, 4.69) is 23.7 Å². The quantitative estimate of drug-likeness (QED) is 0.849. The molecule has 0 saturated carbocycles. The van der Waals surface area contributed by atoms with Gasteiger partial charge in [0.15, 0.2) is 0 Å². The van der Waals surface area contributed by atoms with Gasteiger partial charge in [-0.3, -0.25) is 0 Å². The zero-order valence-electron chi connectivity index (χ0n) is 10.2. The fraction of sp³-hybridized carbons (Fsp3) is 0.500. The van der Waals surface area contributed by atoms with E-state index in [-0.39, 0.29) is 5.56 Å². The van der Waals surface area contributed by atoms with E-state index in [0.29, 0.717) is 6.04 Å². The molecule has 1 N–H and O–H groups in total. The van der Waals surface area contributed by atoms with Crippen LogP contribution in [0.15, 0.2) is 12.3 Å². The van der Waals surface area contributed by atoms with Crippen molar-refractivity contribution in [2.45, 2.75) is 33.2 Å². The lowest BCUT2D eigenvalue weighted by Crippen LogP contribution is -2.29. The first kappa shape index (κ1) is 12.5. The summed E-state index contributed by atoms with van der Waals surface area (Å²) in [6.07, 6.45) is 2.43. The molecular formula is C12H18N2O2. The maximum absolute atomic E-state index is 10.8. The van der Waals surface area contributed by atoms with Gasteiger partial charge in [-0.2, -0.15) is 0 Å². The van der Waals surface area contributed by atoms with E-state index in [1.165, 1.54) is 6.20 Å². The minimum absolute atomic E-state index is 0.235. The Balaban J connectivity index is 3.03. The Kier molecular flexibility index (Phi) is 3.88. The first-order valence-corrected chi connectivity index (χ1v) is 5.40. The molecular weight excluding hydrogens is 204 g/mol. The number of aromatic carboxylic acids is 1. The van der Waals surface area contributed by atoms with Crippen LogP contribution in [-0.4, -0.2) is 29.1 Å². The van der Waals surface area contributed by atoms with E-state index in [9.17, 15) is 4.79 Å². The molecule has 4 heteroatoms. The topological polar surface area (TPSA) is 53.4 Å². The Morgan fingerprint density at radius 3 is 2.69 bits per heavy atom. The molecule has 4 nitrogen and oxygen atoms in total. The average Bonchev–Trinajstić information content (AvgIpc) is 2.26. The smallest absolute Gasteiger partial charge is 0.337 e. The number of anilines is 1. The van der Waals surface area contributed by atoms with Crippen molar-refractivity contribution < 1.29 is 9.90 Å². The molecule has 1 rings (SSSR count). The predicted molar refractivity (Wildman–Crippen MR) is 64.1 cm³/mol. The molecule has 0 aliphatic carbocycles. The number of aryl methyl sites for hydroxylation is 1. The van der Waals surface area contributed by atoms with Crippen LogP contribution in [0, 0.1) is 6.92 Å². The van der Waals surface area contributed by atoms with Crippen LogP contribution in [0.4, 0.5) is 5.82 Å². The number of pyridine rings is 1. The van der Waals surface area contributed by atoms with Crippen LogP contribution in [0.25, 0.3) is 0 Å². The van der Waals surface area contributed by atoms with Gasteiger partial charge in [-0.1, -0.05) is 6.92 Å². The third kappa shape index (κ3) is 2.51. The third-order valence-corrected chi connectivity index (χ3v) is 2.88. The second-order valence-corrected chi connectivity index (χ2v) is 4.04. The lowest BCUT2D eigenvalue weighted by Gasteiger charge is -2.26. The minimum Gasteiger partial charge on any atom is -0.478 e. The van der Waals surface area contributed by atoms with Crippen molar-refractivity contribution in [2.24, 2.45) is 0 Å². The number of carbonyl (C=O) groups is 1. The van der Waals surface area contributed by atoms with Crippen molar-refractivity contribution in [3.8, 4) is 0 Å². The summed E-state index contributed by atoms with van der Waals surface area (Å²) in [4.78, 5) is 17.1. The van der Waals surface area contributed by atoms with Crippen molar-refractivity contribution >= 4 is 11.8 Å². The van der Waals surface area contributed by atoms with Crippen LogP contribution in [0.1, 0.15) is 36.2 Å². The number of rotatable bonds is 4. The molecule has 0 saturated heterocycles. The summed E-state index contributed by atoms with van der Waals surface area (Å²) in [6, 6.07) is 2.05. The van der Waals surface area contributed by atoms with Gasteiger partial charge in [0, 0.05) is 19.3 Å². The molecule has 1 aromatic heterocycles. The summed E-state index contributed by atoms with van der Waals surface area (Å²) in [5.41, 5.74) is 1.13. The zero-order valence-corrected chi connectivity index (χ0v) is 10.2. The third-order valence-electron chi connectivity index (χ3n) is 2.88. The maximum Gasteiger partial charge on any atom is 0.337 e. The van der Waals surface area contributed by atoms with Crippen LogP contribution in [0.2, 0.25) is 0 Å². The highest BCUT2D eigenvalue weighted by Gasteiger charge is 2.13. The first-order valence-electron chi connectivity index (χ1n) is 5.40. The molecule has 0 bridgehead atoms. The summed E-state index contributed by atoms with van der Waals surface area (Å²) >= 11 is 0. The number of aromatic nitrogens is 1. The maximum atomic E-state index is 10.8. The second kappa shape index (κ2) is 4.96. The Morgan fingerprint density at radius 2 is 2.25 bits per heavy atom. The fourth-order valence-corrected chi connectivity index (χ4v) is 1.54. The van der Waals surface area contributed by atoms with E-state index in [0.717, 1.165) is 17.8 Å². The van der Waals surface area contributed by atoms with E-state index >= 15 is 0 Å². The van der Waals surface area contributed by atoms with Gasteiger partial charge in [-0.15, -0.1) is 0 Å². The van der Waals surface area contributed by atoms with Gasteiger partial charge in [-0.05, 0) is 31.9 Å². The number of hydrogen-bond acceptors (Lipinski definition) is 3. The van der Waals surface area contributed by atoms with Gasteiger partial charge in [-0.25, -0.2) is 9.78 Å². The SMILES string of the molecule is CCC(C)N(C)c1ncc(C(=O)O)cc1C. The Labute approximate surface area is 95.9 Å². The van der Waals surface area contributed by atoms with Crippen LogP contribution in [0.5, 0.6) is 0 Å². The zero-order chi connectivity index (χ0) is 12.3. The summed E-state index contributed by atoms with van der Waals surface area (Å²) in [5, 5.41) is 8.84. The Morgan fingerprint density at radius 1 is 1.62 bits per heavy atom. The highest BCUT2D eigenvalue weighted by Crippen LogP contribution is 2.19. The first-order chi connectivity index (χ1) is 7.47. The highest BCUT2D eigenvalue weighted by molar-refractivity contribution is 5.87. The average molecular weight is 222 g/mol. The molecule has 1 unspecified atom stereocenters. The Bertz CT molecular complexity index is 391. The minimum atomic E-state index is -0.937. The normalized spacial score (nSPS) is 12.2. The highest BCUT2D eigenvalue weighted by atomic mass is 16.4. The fourth-order valence-electron chi connectivity index (χ4n) is 1.54. The van der Waals surface area contributed by atoms with Crippen LogP contribution >= 0.6 is 0 Å². The molecule has 0 aliphatic rings. The van der Waals surface area contributed by atoms with Gasteiger partial charge >= 0.3 is 5.97 Å². The van der Waals surface area contributed by atoms with Gasteiger partial charge in [0.1, 0.15) is 5.82 Å². The molecule has 0 radical (unpaired) electrons. The van der Waals surface area contributed by atoms with Crippen molar-refractivity contribution in [3.63, 3.8) is 0 Å². The van der Waals surface area contributed by atoms with Crippen molar-refractivity contribution in [1.29, 1.82) is 0 Å². The van der Waals surface area contributed by atoms with Crippen molar-refractivity contribution in [3.05, 3.63) is 23.4 Å². The lowest BCUT2D eigenvalue weighted by molar-refractivity contribution is 0.0696. The molecule has 0 amide bonds. The van der Waals surface area contributed by atoms with Gasteiger partial charge in [0.25, 0.3) is 0 Å². The monoisotopic (exact) mass is 222 g/mol. The lowest BCUT2D eigenvalue weighted by atomic mass is 10.1. The predicted octanol–water partition coefficient (Wildman–Crippen LogP) is 2.32. The largest absolute Gasteiger partial charge is 0.478 e. The standard InChI is InChI=1S/C12H18N2O2/c1-5-9(3)14(4)11-8(2)6-10(7-13-11)12(15)16/h6-7,9H,5H2,1-4H3,(H,15,16). The van der Waals surface area contributed by atoms with Crippen LogP contribution < -0.4 is 4.90 Å². The summed E-state index contributed by atoms with van der Waals surface area (Å²) in [5.74, 6) is -0.0901. The molecule has 16 heavy (non-hydrogen) atoms. The molecule has 0 aromatic carbocycles. The van der Waals surface area contributed by atoms with Crippen molar-refractivity contribution in [2.75, 3.05) is 11.9 Å². The van der Waals surface area contributed by atoms with Gasteiger partial charge < -0.3 is 10.0 Å². The van der Waals surface area contributed by atoms with Crippen LogP contribution in [-0.2, 0) is 0 Å². The summed E-state index contributed by atoms with van der Waals surface area (Å²) in [7, 11) is 1.98. The number of hydrogen-bond donors (Lipinski definition) is 1. The molecule has 0 fully saturated rings. The second-order valence-electron chi connectivity index (χ2n) is 4.04. The van der Waals surface area contributed by atoms with E-state index in [1.807, 2.05) is 14.0 Å². The molecule has 1 heterocycles. The number of nitrogens with zero attached hydrogens (tertiary/aromatic N) is 2. The molecule has 1 atom stereocenters. The summed E-state index contributed by atoms with van der Waals surface area (Å²) in [6.45, 7) is 6.11. The summed E-state index contributed by atoms with van der Waals surface area (Å²) < 4.78 is 0. The van der Waals surface area contributed by atoms with E-state index in [1.54, 1.807) is 6.07 Å². The molecule has 88 valence electrons.